The largest absolute Gasteiger partial charge is 0.482 e. The van der Waals surface area contributed by atoms with Crippen LogP contribution in [0.4, 0.5) is 0 Å². The number of β-amino-alcohol motifs (C(OH)–C–C–N with tert-alkyl or cyclic N) is 1. The maximum atomic E-state index is 12.1. The van der Waals surface area contributed by atoms with Gasteiger partial charge in [-0.25, -0.2) is 0 Å². The molecule has 0 aromatic carbocycles. The number of nitrogens with zero attached hydrogens (tertiary/aromatic N) is 3. The molecule has 6 heteroatoms. The highest BCUT2D eigenvalue weighted by molar-refractivity contribution is 5.77. The van der Waals surface area contributed by atoms with E-state index in [0.717, 1.165) is 13.1 Å². The molecule has 0 radical (unpaired) electrons. The van der Waals surface area contributed by atoms with Gasteiger partial charge in [-0.2, -0.15) is 0 Å². The van der Waals surface area contributed by atoms with Crippen molar-refractivity contribution in [2.45, 2.75) is 19.4 Å². The van der Waals surface area contributed by atoms with Gasteiger partial charge in [0.15, 0.2) is 6.61 Å². The van der Waals surface area contributed by atoms with Crippen molar-refractivity contribution < 1.29 is 14.6 Å². The molecule has 1 aromatic heterocycles. The van der Waals surface area contributed by atoms with E-state index in [1.54, 1.807) is 43.3 Å². The number of piperazine rings is 1. The molecule has 0 aliphatic carbocycles. The fraction of sp³-hybridized carbons (Fsp3) is 0.600. The van der Waals surface area contributed by atoms with E-state index in [1.165, 1.54) is 0 Å². The lowest BCUT2D eigenvalue weighted by atomic mass is 10.1. The standard InChI is InChI=1S/C15H23N3O3/c1-15(2,20)12-17-6-8-18(9-7-17)14(19)11-21-13-4-3-5-16-10-13/h3-5,10,20H,6-9,11-12H2,1-2H3. The molecule has 1 aromatic rings. The van der Waals surface area contributed by atoms with E-state index in [9.17, 15) is 9.90 Å². The van der Waals surface area contributed by atoms with Crippen molar-refractivity contribution in [3.05, 3.63) is 24.5 Å². The third kappa shape index (κ3) is 5.32. The molecule has 0 unspecified atom stereocenters. The van der Waals surface area contributed by atoms with Crippen LogP contribution >= 0.6 is 0 Å². The second-order valence-electron chi connectivity index (χ2n) is 5.95. The van der Waals surface area contributed by atoms with Crippen molar-refractivity contribution in [3.63, 3.8) is 0 Å². The maximum absolute atomic E-state index is 12.1. The molecule has 2 rings (SSSR count). The second kappa shape index (κ2) is 6.87. The first-order chi connectivity index (χ1) is 9.94. The third-order valence-corrected chi connectivity index (χ3v) is 3.33. The number of hydrogen-bond acceptors (Lipinski definition) is 5. The number of aliphatic hydroxyl groups is 1. The molecule has 1 fully saturated rings. The van der Waals surface area contributed by atoms with Crippen LogP contribution < -0.4 is 4.74 Å². The SMILES string of the molecule is CC(C)(O)CN1CCN(C(=O)COc2cccnc2)CC1. The Balaban J connectivity index is 1.73. The van der Waals surface area contributed by atoms with Crippen LogP contribution in [0.25, 0.3) is 0 Å². The van der Waals surface area contributed by atoms with Crippen molar-refractivity contribution in [1.82, 2.24) is 14.8 Å². The molecule has 116 valence electrons. The summed E-state index contributed by atoms with van der Waals surface area (Å²) in [4.78, 5) is 20.0. The molecule has 0 bridgehead atoms. The predicted octanol–water partition coefficient (Wildman–Crippen LogP) is 0.375. The summed E-state index contributed by atoms with van der Waals surface area (Å²) < 4.78 is 5.42. The third-order valence-electron chi connectivity index (χ3n) is 3.33. The number of carbonyl (C=O) groups is 1. The molecule has 1 aliphatic rings. The Morgan fingerprint density at radius 2 is 2.10 bits per heavy atom. The number of carbonyl (C=O) groups excluding carboxylic acids is 1. The predicted molar refractivity (Wildman–Crippen MR) is 79.0 cm³/mol. The first-order valence-electron chi connectivity index (χ1n) is 7.19. The molecular formula is C15H23N3O3. The molecule has 2 heterocycles. The summed E-state index contributed by atoms with van der Waals surface area (Å²) in [5.74, 6) is 0.591. The van der Waals surface area contributed by atoms with Gasteiger partial charge in [0.25, 0.3) is 5.91 Å². The van der Waals surface area contributed by atoms with Crippen LogP contribution in [0.15, 0.2) is 24.5 Å². The highest BCUT2D eigenvalue weighted by Gasteiger charge is 2.25. The molecule has 21 heavy (non-hydrogen) atoms. The Morgan fingerprint density at radius 3 is 2.67 bits per heavy atom. The minimum Gasteiger partial charge on any atom is -0.482 e. The summed E-state index contributed by atoms with van der Waals surface area (Å²) in [7, 11) is 0. The van der Waals surface area contributed by atoms with Gasteiger partial charge in [0.1, 0.15) is 5.75 Å². The smallest absolute Gasteiger partial charge is 0.260 e. The summed E-state index contributed by atoms with van der Waals surface area (Å²) in [5, 5.41) is 9.81. The lowest BCUT2D eigenvalue weighted by molar-refractivity contribution is -0.135. The Hall–Kier alpha value is -1.66. The van der Waals surface area contributed by atoms with E-state index in [2.05, 4.69) is 9.88 Å². The van der Waals surface area contributed by atoms with E-state index >= 15 is 0 Å². The normalized spacial score (nSPS) is 16.8. The molecule has 0 spiro atoms. The number of ether oxygens (including phenoxy) is 1. The van der Waals surface area contributed by atoms with E-state index in [-0.39, 0.29) is 12.5 Å². The van der Waals surface area contributed by atoms with Crippen LogP contribution in [-0.2, 0) is 4.79 Å². The van der Waals surface area contributed by atoms with Crippen molar-refractivity contribution in [2.24, 2.45) is 0 Å². The number of hydrogen-bond donors (Lipinski definition) is 1. The molecule has 1 aliphatic heterocycles. The van der Waals surface area contributed by atoms with Gasteiger partial charge < -0.3 is 14.7 Å². The van der Waals surface area contributed by atoms with E-state index in [0.29, 0.717) is 25.4 Å². The highest BCUT2D eigenvalue weighted by Crippen LogP contribution is 2.10. The summed E-state index contributed by atoms with van der Waals surface area (Å²) in [6, 6.07) is 3.55. The molecule has 1 saturated heterocycles. The summed E-state index contributed by atoms with van der Waals surface area (Å²) in [6.07, 6.45) is 3.26. The molecule has 6 nitrogen and oxygen atoms in total. The van der Waals surface area contributed by atoms with E-state index in [4.69, 9.17) is 4.74 Å². The van der Waals surface area contributed by atoms with Gasteiger partial charge >= 0.3 is 0 Å². The fourth-order valence-corrected chi connectivity index (χ4v) is 2.37. The number of amides is 1. The van der Waals surface area contributed by atoms with Crippen LogP contribution in [0, 0.1) is 0 Å². The average Bonchev–Trinajstić information content (AvgIpc) is 2.45. The van der Waals surface area contributed by atoms with Crippen LogP contribution in [0.3, 0.4) is 0 Å². The van der Waals surface area contributed by atoms with Crippen LogP contribution in [0.1, 0.15) is 13.8 Å². The zero-order chi connectivity index (χ0) is 15.3. The van der Waals surface area contributed by atoms with Gasteiger partial charge in [0.05, 0.1) is 11.8 Å². The topological polar surface area (TPSA) is 65.9 Å². The van der Waals surface area contributed by atoms with E-state index in [1.807, 2.05) is 0 Å². The number of aromatic nitrogens is 1. The fourth-order valence-electron chi connectivity index (χ4n) is 2.37. The Morgan fingerprint density at radius 1 is 1.38 bits per heavy atom. The van der Waals surface area contributed by atoms with Crippen molar-refractivity contribution >= 4 is 5.91 Å². The first kappa shape index (κ1) is 15.7. The second-order valence-corrected chi connectivity index (χ2v) is 5.95. The lowest BCUT2D eigenvalue weighted by Crippen LogP contribution is -2.52. The van der Waals surface area contributed by atoms with Crippen LogP contribution in [-0.4, -0.2) is 70.7 Å². The van der Waals surface area contributed by atoms with Gasteiger partial charge in [-0.1, -0.05) is 0 Å². The molecule has 1 N–H and O–H groups in total. The molecule has 1 amide bonds. The van der Waals surface area contributed by atoms with Crippen LogP contribution in [0.5, 0.6) is 5.75 Å². The van der Waals surface area contributed by atoms with Gasteiger partial charge in [-0.3, -0.25) is 14.7 Å². The number of rotatable bonds is 5. The van der Waals surface area contributed by atoms with Gasteiger partial charge in [0.2, 0.25) is 0 Å². The zero-order valence-corrected chi connectivity index (χ0v) is 12.7. The van der Waals surface area contributed by atoms with Crippen molar-refractivity contribution in [3.8, 4) is 5.75 Å². The Kier molecular flexibility index (Phi) is 5.14. The Labute approximate surface area is 125 Å². The summed E-state index contributed by atoms with van der Waals surface area (Å²) in [5.41, 5.74) is -0.699. The van der Waals surface area contributed by atoms with E-state index < -0.39 is 5.60 Å². The van der Waals surface area contributed by atoms with Crippen molar-refractivity contribution in [2.75, 3.05) is 39.3 Å². The average molecular weight is 293 g/mol. The number of pyridine rings is 1. The lowest BCUT2D eigenvalue weighted by Gasteiger charge is -2.37. The molecule has 0 saturated carbocycles. The monoisotopic (exact) mass is 293 g/mol. The van der Waals surface area contributed by atoms with Crippen LogP contribution in [0.2, 0.25) is 0 Å². The minimum atomic E-state index is -0.699. The quantitative estimate of drug-likeness (QED) is 0.850. The summed E-state index contributed by atoms with van der Waals surface area (Å²) >= 11 is 0. The minimum absolute atomic E-state index is 0.0123. The zero-order valence-electron chi connectivity index (χ0n) is 12.7. The highest BCUT2D eigenvalue weighted by atomic mass is 16.5. The molecular weight excluding hydrogens is 270 g/mol. The first-order valence-corrected chi connectivity index (χ1v) is 7.19. The van der Waals surface area contributed by atoms with Gasteiger partial charge in [0, 0.05) is 38.9 Å². The van der Waals surface area contributed by atoms with Gasteiger partial charge in [-0.15, -0.1) is 0 Å². The Bertz CT molecular complexity index is 451. The molecule has 0 atom stereocenters. The van der Waals surface area contributed by atoms with Gasteiger partial charge in [-0.05, 0) is 26.0 Å². The maximum Gasteiger partial charge on any atom is 0.260 e. The summed E-state index contributed by atoms with van der Waals surface area (Å²) in [6.45, 7) is 7.17. The van der Waals surface area contributed by atoms with Crippen molar-refractivity contribution in [1.29, 1.82) is 0 Å².